The molecule has 5 nitrogen and oxygen atoms in total. The molecule has 1 fully saturated rings. The first-order valence-corrected chi connectivity index (χ1v) is 8.06. The molecule has 5 heteroatoms. The molecule has 1 aliphatic rings. The second-order valence-corrected chi connectivity index (χ2v) is 5.92. The van der Waals surface area contributed by atoms with E-state index in [0.717, 1.165) is 50.5 Å². The Morgan fingerprint density at radius 2 is 2.24 bits per heavy atom. The van der Waals surface area contributed by atoms with Crippen LogP contribution in [-0.4, -0.2) is 42.0 Å². The second-order valence-electron chi connectivity index (χ2n) is 5.92. The zero-order chi connectivity index (χ0) is 15.3. The zero-order valence-electron chi connectivity index (χ0n) is 13.8. The van der Waals surface area contributed by atoms with E-state index in [0.29, 0.717) is 12.6 Å². The minimum atomic E-state index is 0.0326. The number of anilines is 1. The van der Waals surface area contributed by atoms with Crippen LogP contribution in [0.2, 0.25) is 0 Å². The van der Waals surface area contributed by atoms with Gasteiger partial charge in [-0.2, -0.15) is 0 Å². The van der Waals surface area contributed by atoms with E-state index in [1.165, 1.54) is 0 Å². The van der Waals surface area contributed by atoms with Crippen LogP contribution in [0.15, 0.2) is 6.20 Å². The number of aryl methyl sites for hydroxylation is 1. The SMILES string of the molecule is CCC1(CC)CC(n2cc(C)nc2NCCOC)CCO1. The van der Waals surface area contributed by atoms with Gasteiger partial charge in [-0.05, 0) is 32.6 Å². The summed E-state index contributed by atoms with van der Waals surface area (Å²) in [5.41, 5.74) is 1.09. The molecule has 2 rings (SSSR count). The van der Waals surface area contributed by atoms with Gasteiger partial charge in [0.2, 0.25) is 5.95 Å². The van der Waals surface area contributed by atoms with E-state index in [-0.39, 0.29) is 5.60 Å². The summed E-state index contributed by atoms with van der Waals surface area (Å²) in [4.78, 5) is 4.61. The molecule has 1 aromatic rings. The highest BCUT2D eigenvalue weighted by Gasteiger charge is 2.35. The number of nitrogens with one attached hydrogen (secondary N) is 1. The first kappa shape index (κ1) is 16.3. The molecule has 0 aromatic carbocycles. The quantitative estimate of drug-likeness (QED) is 0.785. The Bertz CT molecular complexity index is 441. The summed E-state index contributed by atoms with van der Waals surface area (Å²) in [5, 5.41) is 3.38. The van der Waals surface area contributed by atoms with Gasteiger partial charge in [0.15, 0.2) is 0 Å². The van der Waals surface area contributed by atoms with Crippen LogP contribution in [0, 0.1) is 6.92 Å². The molecule has 21 heavy (non-hydrogen) atoms. The summed E-state index contributed by atoms with van der Waals surface area (Å²) in [6, 6.07) is 0.463. The molecular weight excluding hydrogens is 266 g/mol. The van der Waals surface area contributed by atoms with Gasteiger partial charge in [0.05, 0.1) is 17.9 Å². The van der Waals surface area contributed by atoms with Crippen molar-refractivity contribution in [3.05, 3.63) is 11.9 Å². The maximum Gasteiger partial charge on any atom is 0.203 e. The molecule has 0 aliphatic carbocycles. The Balaban J connectivity index is 2.13. The van der Waals surface area contributed by atoms with Crippen molar-refractivity contribution in [1.82, 2.24) is 9.55 Å². The molecule has 0 bridgehead atoms. The highest BCUT2D eigenvalue weighted by atomic mass is 16.5. The van der Waals surface area contributed by atoms with E-state index in [2.05, 4.69) is 34.9 Å². The summed E-state index contributed by atoms with van der Waals surface area (Å²) in [7, 11) is 1.72. The molecule has 2 heterocycles. The molecule has 0 saturated carbocycles. The second kappa shape index (κ2) is 7.27. The van der Waals surface area contributed by atoms with Crippen molar-refractivity contribution in [2.75, 3.05) is 32.2 Å². The summed E-state index contributed by atoms with van der Waals surface area (Å²) in [5.74, 6) is 0.956. The maximum atomic E-state index is 6.09. The molecular formula is C16H29N3O2. The van der Waals surface area contributed by atoms with Crippen molar-refractivity contribution in [3.63, 3.8) is 0 Å². The van der Waals surface area contributed by atoms with Gasteiger partial charge >= 0.3 is 0 Å². The van der Waals surface area contributed by atoms with E-state index in [1.54, 1.807) is 7.11 Å². The van der Waals surface area contributed by atoms with Crippen molar-refractivity contribution in [3.8, 4) is 0 Å². The van der Waals surface area contributed by atoms with Crippen molar-refractivity contribution >= 4 is 5.95 Å². The van der Waals surface area contributed by atoms with E-state index in [9.17, 15) is 0 Å². The van der Waals surface area contributed by atoms with Gasteiger partial charge in [0.25, 0.3) is 0 Å². The van der Waals surface area contributed by atoms with Crippen molar-refractivity contribution in [2.24, 2.45) is 0 Å². The molecule has 1 aromatic heterocycles. The zero-order valence-corrected chi connectivity index (χ0v) is 13.8. The fourth-order valence-corrected chi connectivity index (χ4v) is 3.17. The monoisotopic (exact) mass is 295 g/mol. The first-order chi connectivity index (χ1) is 10.1. The number of hydrogen-bond acceptors (Lipinski definition) is 4. The third-order valence-corrected chi connectivity index (χ3v) is 4.59. The number of nitrogens with zero attached hydrogens (tertiary/aromatic N) is 2. The van der Waals surface area contributed by atoms with E-state index < -0.39 is 0 Å². The predicted octanol–water partition coefficient (Wildman–Crippen LogP) is 3.16. The molecule has 0 spiro atoms. The summed E-state index contributed by atoms with van der Waals surface area (Å²) < 4.78 is 13.5. The van der Waals surface area contributed by atoms with Gasteiger partial charge in [0.1, 0.15) is 0 Å². The molecule has 0 radical (unpaired) electrons. The summed E-state index contributed by atoms with van der Waals surface area (Å²) >= 11 is 0. The molecule has 120 valence electrons. The number of aromatic nitrogens is 2. The van der Waals surface area contributed by atoms with Gasteiger partial charge in [-0.25, -0.2) is 4.98 Å². The van der Waals surface area contributed by atoms with E-state index in [4.69, 9.17) is 9.47 Å². The molecule has 1 saturated heterocycles. The van der Waals surface area contributed by atoms with Crippen LogP contribution in [0.5, 0.6) is 0 Å². The molecule has 1 unspecified atom stereocenters. The normalized spacial score (nSPS) is 21.4. The fraction of sp³-hybridized carbons (Fsp3) is 0.812. The number of imidazole rings is 1. The largest absolute Gasteiger partial charge is 0.383 e. The Morgan fingerprint density at radius 1 is 1.48 bits per heavy atom. The number of hydrogen-bond donors (Lipinski definition) is 1. The lowest BCUT2D eigenvalue weighted by Gasteiger charge is -2.40. The summed E-state index contributed by atoms with van der Waals surface area (Å²) in [6.07, 6.45) is 6.41. The van der Waals surface area contributed by atoms with Gasteiger partial charge in [-0.1, -0.05) is 13.8 Å². The number of rotatable bonds is 7. The molecule has 1 atom stereocenters. The first-order valence-electron chi connectivity index (χ1n) is 8.06. The summed E-state index contributed by atoms with van der Waals surface area (Å²) in [6.45, 7) is 8.80. The molecule has 1 aliphatic heterocycles. The Labute approximate surface area is 128 Å². The maximum absolute atomic E-state index is 6.09. The minimum Gasteiger partial charge on any atom is -0.383 e. The van der Waals surface area contributed by atoms with Crippen molar-refractivity contribution < 1.29 is 9.47 Å². The van der Waals surface area contributed by atoms with E-state index in [1.807, 2.05) is 6.92 Å². The van der Waals surface area contributed by atoms with Gasteiger partial charge < -0.3 is 19.4 Å². The smallest absolute Gasteiger partial charge is 0.203 e. The Hall–Kier alpha value is -1.07. The van der Waals surface area contributed by atoms with Crippen molar-refractivity contribution in [2.45, 2.75) is 58.1 Å². The van der Waals surface area contributed by atoms with Crippen molar-refractivity contribution in [1.29, 1.82) is 0 Å². The lowest BCUT2D eigenvalue weighted by atomic mass is 9.86. The van der Waals surface area contributed by atoms with Crippen LogP contribution in [0.4, 0.5) is 5.95 Å². The third-order valence-electron chi connectivity index (χ3n) is 4.59. The minimum absolute atomic E-state index is 0.0326. The number of ether oxygens (including phenoxy) is 2. The van der Waals surface area contributed by atoms with Crippen LogP contribution in [0.1, 0.15) is 51.3 Å². The average Bonchev–Trinajstić information content (AvgIpc) is 2.88. The van der Waals surface area contributed by atoms with Gasteiger partial charge in [-0.15, -0.1) is 0 Å². The standard InChI is InChI=1S/C16H29N3O2/c1-5-16(6-2)11-14(7-9-21-16)19-12-13(3)18-15(19)17-8-10-20-4/h12,14H,5-11H2,1-4H3,(H,17,18). The van der Waals surface area contributed by atoms with Crippen LogP contribution in [0.25, 0.3) is 0 Å². The van der Waals surface area contributed by atoms with E-state index >= 15 is 0 Å². The van der Waals surface area contributed by atoms with Crippen LogP contribution in [-0.2, 0) is 9.47 Å². The molecule has 0 amide bonds. The predicted molar refractivity (Wildman–Crippen MR) is 84.9 cm³/mol. The third kappa shape index (κ3) is 3.77. The highest BCUT2D eigenvalue weighted by Crippen LogP contribution is 2.38. The van der Waals surface area contributed by atoms with Gasteiger partial charge in [0, 0.05) is 32.5 Å². The topological polar surface area (TPSA) is 48.3 Å². The van der Waals surface area contributed by atoms with Gasteiger partial charge in [-0.3, -0.25) is 0 Å². The average molecular weight is 295 g/mol. The lowest BCUT2D eigenvalue weighted by molar-refractivity contribution is -0.0984. The Morgan fingerprint density at radius 3 is 2.90 bits per heavy atom. The highest BCUT2D eigenvalue weighted by molar-refractivity contribution is 5.29. The van der Waals surface area contributed by atoms with Crippen LogP contribution < -0.4 is 5.32 Å². The Kier molecular flexibility index (Phi) is 5.65. The number of methoxy groups -OCH3 is 1. The molecule has 1 N–H and O–H groups in total. The lowest BCUT2D eigenvalue weighted by Crippen LogP contribution is -2.39. The fourth-order valence-electron chi connectivity index (χ4n) is 3.17. The van der Waals surface area contributed by atoms with Crippen LogP contribution in [0.3, 0.4) is 0 Å². The van der Waals surface area contributed by atoms with Crippen LogP contribution >= 0.6 is 0 Å².